The average molecular weight is 296 g/mol. The minimum Gasteiger partial charge on any atom is -0.445 e. The van der Waals surface area contributed by atoms with Crippen molar-refractivity contribution >= 4 is 17.6 Å². The van der Waals surface area contributed by atoms with Crippen molar-refractivity contribution in [2.75, 3.05) is 18.4 Å². The molecule has 5 heteroatoms. The number of rotatable bonds is 8. The predicted molar refractivity (Wildman–Crippen MR) is 87.5 cm³/mol. The Kier molecular flexibility index (Phi) is 7.29. The van der Waals surface area contributed by atoms with Crippen molar-refractivity contribution in [3.8, 4) is 0 Å². The van der Waals surface area contributed by atoms with Gasteiger partial charge in [-0.05, 0) is 31.0 Å². The van der Waals surface area contributed by atoms with Crippen LogP contribution in [0.4, 0.5) is 10.5 Å². The number of alkyl carbamates (subject to hydrolysis) is 1. The van der Waals surface area contributed by atoms with Crippen molar-refractivity contribution in [2.24, 2.45) is 5.92 Å². The molecule has 0 aliphatic rings. The molecule has 1 rings (SSSR count). The lowest BCUT2D eigenvalue weighted by Crippen LogP contribution is -2.32. The summed E-state index contributed by atoms with van der Waals surface area (Å²) in [7, 11) is 0. The van der Waals surface area contributed by atoms with E-state index < -0.39 is 6.09 Å². The van der Waals surface area contributed by atoms with Crippen molar-refractivity contribution in [3.05, 3.63) is 29.8 Å². The molecule has 0 aliphatic carbocycles. The third kappa shape index (κ3) is 6.29. The van der Waals surface area contributed by atoms with E-state index in [2.05, 4.69) is 10.6 Å². The number of hydrogen-bond donors (Lipinski definition) is 2. The molecular weight excluding hydrogens is 268 g/mol. The summed E-state index contributed by atoms with van der Waals surface area (Å²) in [4.78, 5) is 23.1. The van der Waals surface area contributed by atoms with Crippen LogP contribution < -0.4 is 10.6 Å². The van der Waals surface area contributed by atoms with Crippen LogP contribution in [0.5, 0.6) is 0 Å². The first kappa shape index (κ1) is 17.0. The first-order chi connectivity index (χ1) is 10.1. The highest BCUT2D eigenvalue weighted by atomic mass is 16.5. The second kappa shape index (κ2) is 9.00. The van der Waals surface area contributed by atoms with Gasteiger partial charge in [-0.25, -0.2) is 4.79 Å². The molecule has 1 aromatic rings. The van der Waals surface area contributed by atoms with Gasteiger partial charge in [-0.15, -0.1) is 0 Å². The Hall–Kier alpha value is -2.04. The molecule has 1 aromatic carbocycles. The number of nitrogens with one attached hydrogen (secondary N) is 2. The topological polar surface area (TPSA) is 67.4 Å². The van der Waals surface area contributed by atoms with Crippen molar-refractivity contribution in [3.63, 3.8) is 0 Å². The quantitative estimate of drug-likeness (QED) is 0.771. The maximum Gasteiger partial charge on any atom is 0.407 e. The third-order valence-corrected chi connectivity index (χ3v) is 3.27. The van der Waals surface area contributed by atoms with Gasteiger partial charge in [0.15, 0.2) is 5.78 Å². The number of amides is 1. The van der Waals surface area contributed by atoms with Crippen LogP contribution in [0.1, 0.15) is 35.6 Å². The summed E-state index contributed by atoms with van der Waals surface area (Å²) in [5.74, 6) is -0.0200. The third-order valence-electron chi connectivity index (χ3n) is 3.27. The molecule has 21 heavy (non-hydrogen) atoms. The number of ketones is 1. The molecule has 5 nitrogen and oxygen atoms in total. The van der Waals surface area contributed by atoms with E-state index in [1.54, 1.807) is 0 Å². The van der Waals surface area contributed by atoms with Crippen LogP contribution in [0.15, 0.2) is 24.3 Å². The smallest absolute Gasteiger partial charge is 0.407 e. The van der Waals surface area contributed by atoms with Crippen LogP contribution in [-0.4, -0.2) is 25.0 Å². The highest BCUT2D eigenvalue weighted by molar-refractivity contribution is 5.85. The largest absolute Gasteiger partial charge is 0.445 e. The first-order valence-corrected chi connectivity index (χ1v) is 7.33. The molecule has 0 heterocycles. The maximum absolute atomic E-state index is 11.6. The Bertz CT molecular complexity index is 467. The molecule has 120 valence electrons. The van der Waals surface area contributed by atoms with Crippen molar-refractivity contribution in [1.29, 1.82) is 0 Å². The van der Waals surface area contributed by atoms with Gasteiger partial charge in [-0.1, -0.05) is 26.0 Å². The summed E-state index contributed by atoms with van der Waals surface area (Å²) in [6.07, 6.45) is 0.204. The molecule has 0 spiro atoms. The van der Waals surface area contributed by atoms with E-state index in [4.69, 9.17) is 4.74 Å². The normalized spacial score (nSPS) is 11.6. The SMILES string of the molecule is CCNc1ccc(COC(=O)NCC(=O)C(C)CC)cc1.[HH].[HH]. The van der Waals surface area contributed by atoms with E-state index >= 15 is 0 Å². The number of benzene rings is 1. The monoisotopic (exact) mass is 296 g/mol. The first-order valence-electron chi connectivity index (χ1n) is 7.33. The zero-order valence-corrected chi connectivity index (χ0v) is 12.9. The van der Waals surface area contributed by atoms with Crippen molar-refractivity contribution in [2.45, 2.75) is 33.8 Å². The summed E-state index contributed by atoms with van der Waals surface area (Å²) < 4.78 is 5.07. The molecular formula is C16H28N2O3. The number of carbonyl (C=O) groups is 2. The molecule has 0 bridgehead atoms. The molecule has 0 aliphatic heterocycles. The van der Waals surface area contributed by atoms with Gasteiger partial charge in [0.05, 0.1) is 6.54 Å². The number of hydrogen-bond acceptors (Lipinski definition) is 4. The molecule has 2 N–H and O–H groups in total. The molecule has 1 unspecified atom stereocenters. The van der Waals surface area contributed by atoms with Gasteiger partial charge in [0.1, 0.15) is 6.61 Å². The molecule has 0 fully saturated rings. The summed E-state index contributed by atoms with van der Waals surface area (Å²) in [5.41, 5.74) is 1.94. The van der Waals surface area contributed by atoms with E-state index in [9.17, 15) is 9.59 Å². The van der Waals surface area contributed by atoms with Crippen LogP contribution in [-0.2, 0) is 16.1 Å². The van der Waals surface area contributed by atoms with Crippen LogP contribution in [0.3, 0.4) is 0 Å². The Labute approximate surface area is 129 Å². The molecule has 1 atom stereocenters. The lowest BCUT2D eigenvalue weighted by Gasteiger charge is -2.10. The highest BCUT2D eigenvalue weighted by Gasteiger charge is 2.12. The standard InChI is InChI=1S/C16H24N2O3.2H2/c1-4-12(3)15(19)10-18-16(20)21-11-13-6-8-14(9-7-13)17-5-2;;/h6-9,12,17H,4-5,10-11H2,1-3H3,(H,18,20);2*1H. The maximum atomic E-state index is 11.6. The fourth-order valence-electron chi connectivity index (χ4n) is 1.68. The zero-order valence-electron chi connectivity index (χ0n) is 12.9. The second-order valence-electron chi connectivity index (χ2n) is 4.93. The van der Waals surface area contributed by atoms with E-state index in [1.807, 2.05) is 45.0 Å². The van der Waals surface area contributed by atoms with E-state index in [-0.39, 0.29) is 27.7 Å². The number of anilines is 1. The minimum atomic E-state index is -0.567. The molecule has 0 aromatic heterocycles. The van der Waals surface area contributed by atoms with E-state index in [1.165, 1.54) is 0 Å². The summed E-state index contributed by atoms with van der Waals surface area (Å²) in [5, 5.41) is 5.67. The van der Waals surface area contributed by atoms with E-state index in [0.717, 1.165) is 24.2 Å². The fourth-order valence-corrected chi connectivity index (χ4v) is 1.68. The van der Waals surface area contributed by atoms with Crippen LogP contribution in [0, 0.1) is 5.92 Å². The van der Waals surface area contributed by atoms with Gasteiger partial charge in [-0.2, -0.15) is 0 Å². The van der Waals surface area contributed by atoms with Gasteiger partial charge in [0, 0.05) is 21.0 Å². The second-order valence-corrected chi connectivity index (χ2v) is 4.93. The molecule has 0 saturated carbocycles. The lowest BCUT2D eigenvalue weighted by atomic mass is 10.0. The zero-order chi connectivity index (χ0) is 15.7. The fraction of sp³-hybridized carbons (Fsp3) is 0.500. The Morgan fingerprint density at radius 2 is 1.90 bits per heavy atom. The number of Topliss-reactive ketones (excluding diaryl/α,β-unsaturated/α-hetero) is 1. The Balaban J connectivity index is 0. The molecule has 0 saturated heterocycles. The summed E-state index contributed by atoms with van der Waals surface area (Å²) in [6, 6.07) is 7.67. The van der Waals surface area contributed by atoms with Gasteiger partial charge >= 0.3 is 6.09 Å². The Morgan fingerprint density at radius 1 is 1.24 bits per heavy atom. The van der Waals surface area contributed by atoms with Crippen LogP contribution >= 0.6 is 0 Å². The van der Waals surface area contributed by atoms with Crippen molar-refractivity contribution < 1.29 is 17.2 Å². The van der Waals surface area contributed by atoms with Gasteiger partial charge in [0.25, 0.3) is 0 Å². The van der Waals surface area contributed by atoms with Crippen LogP contribution in [0.25, 0.3) is 0 Å². The lowest BCUT2D eigenvalue weighted by molar-refractivity contribution is -0.121. The molecule has 1 amide bonds. The average Bonchev–Trinajstić information content (AvgIpc) is 2.51. The Morgan fingerprint density at radius 3 is 2.48 bits per heavy atom. The number of carbonyl (C=O) groups excluding carboxylic acids is 2. The van der Waals surface area contributed by atoms with Gasteiger partial charge in [-0.3, -0.25) is 4.79 Å². The predicted octanol–water partition coefficient (Wildman–Crippen LogP) is 3.45. The van der Waals surface area contributed by atoms with Gasteiger partial charge < -0.3 is 15.4 Å². The van der Waals surface area contributed by atoms with Crippen molar-refractivity contribution in [1.82, 2.24) is 5.32 Å². The summed E-state index contributed by atoms with van der Waals surface area (Å²) >= 11 is 0. The highest BCUT2D eigenvalue weighted by Crippen LogP contribution is 2.10. The number of ether oxygens (including phenoxy) is 1. The summed E-state index contributed by atoms with van der Waals surface area (Å²) in [6.45, 7) is 6.90. The minimum absolute atomic E-state index is 0. The molecule has 0 radical (unpaired) electrons. The van der Waals surface area contributed by atoms with Gasteiger partial charge in [0.2, 0.25) is 0 Å². The van der Waals surface area contributed by atoms with Crippen LogP contribution in [0.2, 0.25) is 0 Å². The van der Waals surface area contributed by atoms with E-state index in [0.29, 0.717) is 0 Å².